The van der Waals surface area contributed by atoms with Crippen molar-refractivity contribution in [1.82, 2.24) is 0 Å². The first-order chi connectivity index (χ1) is 10.8. The molecule has 1 N–H and O–H groups in total. The van der Waals surface area contributed by atoms with Crippen molar-refractivity contribution < 1.29 is 23.1 Å². The highest BCUT2D eigenvalue weighted by atomic mass is 19.4. The monoisotopic (exact) mass is 320 g/mol. The number of rotatable bonds is 3. The molecule has 0 saturated heterocycles. The van der Waals surface area contributed by atoms with Crippen LogP contribution in [0.25, 0.3) is 11.1 Å². The van der Waals surface area contributed by atoms with Crippen LogP contribution in [-0.4, -0.2) is 17.1 Å². The number of carbonyl (C=O) groups excluding carboxylic acids is 1. The second-order valence-electron chi connectivity index (χ2n) is 5.69. The first kappa shape index (κ1) is 15.7. The molecule has 2 aromatic carbocycles. The van der Waals surface area contributed by atoms with Gasteiger partial charge in [-0.1, -0.05) is 43.3 Å². The maximum absolute atomic E-state index is 13.6. The summed E-state index contributed by atoms with van der Waals surface area (Å²) < 4.78 is 40.9. The second-order valence-corrected chi connectivity index (χ2v) is 5.69. The molecule has 23 heavy (non-hydrogen) atoms. The molecule has 0 fully saturated rings. The molecule has 0 spiro atoms. The van der Waals surface area contributed by atoms with Gasteiger partial charge >= 0.3 is 6.18 Å². The fourth-order valence-corrected chi connectivity index (χ4v) is 3.11. The van der Waals surface area contributed by atoms with E-state index in [1.54, 1.807) is 12.1 Å². The highest BCUT2D eigenvalue weighted by Gasteiger charge is 2.60. The molecular weight excluding hydrogens is 305 g/mol. The molecule has 0 radical (unpaired) electrons. The minimum atomic E-state index is -4.87. The summed E-state index contributed by atoms with van der Waals surface area (Å²) in [5.41, 5.74) is -2.69. The van der Waals surface area contributed by atoms with Crippen LogP contribution in [0.3, 0.4) is 0 Å². The van der Waals surface area contributed by atoms with Crippen LogP contribution in [0.1, 0.15) is 41.3 Å². The molecular formula is C18H15F3O2. The van der Waals surface area contributed by atoms with Crippen molar-refractivity contribution in [3.63, 3.8) is 0 Å². The molecule has 0 aromatic heterocycles. The van der Waals surface area contributed by atoms with Crippen molar-refractivity contribution in [2.75, 3.05) is 0 Å². The summed E-state index contributed by atoms with van der Waals surface area (Å²) in [4.78, 5) is 12.0. The molecule has 2 nitrogen and oxygen atoms in total. The third-order valence-electron chi connectivity index (χ3n) is 4.23. The van der Waals surface area contributed by atoms with E-state index in [0.717, 1.165) is 0 Å². The summed E-state index contributed by atoms with van der Waals surface area (Å²) in [6.07, 6.45) is -4.00. The Morgan fingerprint density at radius 1 is 1.09 bits per heavy atom. The van der Waals surface area contributed by atoms with Crippen LogP contribution in [0.15, 0.2) is 42.5 Å². The highest BCUT2D eigenvalue weighted by Crippen LogP contribution is 2.54. The molecule has 120 valence electrons. The Kier molecular flexibility index (Phi) is 3.56. The number of benzene rings is 2. The van der Waals surface area contributed by atoms with Gasteiger partial charge in [0, 0.05) is 23.1 Å². The van der Waals surface area contributed by atoms with E-state index in [4.69, 9.17) is 0 Å². The van der Waals surface area contributed by atoms with Gasteiger partial charge in [-0.25, -0.2) is 0 Å². The van der Waals surface area contributed by atoms with Crippen LogP contribution in [-0.2, 0) is 5.60 Å². The Hall–Kier alpha value is -2.14. The van der Waals surface area contributed by atoms with E-state index in [0.29, 0.717) is 17.5 Å². The van der Waals surface area contributed by atoms with Gasteiger partial charge in [0.15, 0.2) is 5.78 Å². The summed E-state index contributed by atoms with van der Waals surface area (Å²) in [5.74, 6) is -0.226. The maximum atomic E-state index is 13.6. The Morgan fingerprint density at radius 2 is 1.74 bits per heavy atom. The van der Waals surface area contributed by atoms with Gasteiger partial charge in [0.1, 0.15) is 0 Å². The smallest absolute Gasteiger partial charge is 0.372 e. The van der Waals surface area contributed by atoms with Crippen LogP contribution < -0.4 is 0 Å². The van der Waals surface area contributed by atoms with Crippen molar-refractivity contribution in [1.29, 1.82) is 0 Å². The van der Waals surface area contributed by atoms with Crippen LogP contribution in [0, 0.1) is 0 Å². The van der Waals surface area contributed by atoms with E-state index in [1.165, 1.54) is 30.3 Å². The van der Waals surface area contributed by atoms with Crippen molar-refractivity contribution in [2.45, 2.75) is 31.5 Å². The van der Waals surface area contributed by atoms with Gasteiger partial charge in [0.25, 0.3) is 0 Å². The Bertz CT molecular complexity index is 780. The fraction of sp³-hybridized carbons (Fsp3) is 0.278. The summed E-state index contributed by atoms with van der Waals surface area (Å²) in [6.45, 7) is 1.83. The molecule has 2 aromatic rings. The summed E-state index contributed by atoms with van der Waals surface area (Å²) in [6, 6.07) is 10.1. The van der Waals surface area contributed by atoms with Gasteiger partial charge in [-0.2, -0.15) is 13.2 Å². The predicted molar refractivity (Wildman–Crippen MR) is 80.2 cm³/mol. The Balaban J connectivity index is 2.25. The standard InChI is InChI=1S/C18H15F3O2/c1-2-5-16(22)11-8-9-13-12-6-3-4-7-14(12)17(23,15(13)10-11)18(19,20)21/h3-4,6-10,23H,2,5H2,1H3. The van der Waals surface area contributed by atoms with Crippen LogP contribution >= 0.6 is 0 Å². The number of Topliss-reactive ketones (excluding diaryl/α,β-unsaturated/α-hetero) is 1. The first-order valence-corrected chi connectivity index (χ1v) is 7.37. The minimum absolute atomic E-state index is 0.192. The molecule has 1 unspecified atom stereocenters. The highest BCUT2D eigenvalue weighted by molar-refractivity contribution is 5.97. The average molecular weight is 320 g/mol. The number of ketones is 1. The van der Waals surface area contributed by atoms with Gasteiger partial charge in [0.2, 0.25) is 5.60 Å². The van der Waals surface area contributed by atoms with Gasteiger partial charge in [-0.15, -0.1) is 0 Å². The number of halogens is 3. The van der Waals surface area contributed by atoms with E-state index in [9.17, 15) is 23.1 Å². The largest absolute Gasteiger partial charge is 0.425 e. The third kappa shape index (κ3) is 2.18. The lowest BCUT2D eigenvalue weighted by molar-refractivity contribution is -0.246. The molecule has 5 heteroatoms. The lowest BCUT2D eigenvalue weighted by Gasteiger charge is -2.28. The number of aliphatic hydroxyl groups is 1. The van der Waals surface area contributed by atoms with Crippen LogP contribution in [0.2, 0.25) is 0 Å². The van der Waals surface area contributed by atoms with Gasteiger partial charge in [-0.05, 0) is 23.6 Å². The summed E-state index contributed by atoms with van der Waals surface area (Å²) in [5, 5.41) is 10.5. The van der Waals surface area contributed by atoms with Crippen molar-refractivity contribution in [3.05, 3.63) is 59.2 Å². The number of hydrogen-bond acceptors (Lipinski definition) is 2. The first-order valence-electron chi connectivity index (χ1n) is 7.37. The van der Waals surface area contributed by atoms with Crippen LogP contribution in [0.4, 0.5) is 13.2 Å². The average Bonchev–Trinajstić information content (AvgIpc) is 2.78. The summed E-state index contributed by atoms with van der Waals surface area (Å²) in [7, 11) is 0. The fourth-order valence-electron chi connectivity index (χ4n) is 3.11. The SMILES string of the molecule is CCCC(=O)c1ccc2c(c1)C(O)(C(F)(F)F)c1ccccc1-2. The van der Waals surface area contributed by atoms with Crippen molar-refractivity contribution in [3.8, 4) is 11.1 Å². The molecule has 0 heterocycles. The zero-order valence-electron chi connectivity index (χ0n) is 12.4. The minimum Gasteiger partial charge on any atom is -0.372 e. The van der Waals surface area contributed by atoms with E-state index >= 15 is 0 Å². The maximum Gasteiger partial charge on any atom is 0.425 e. The lowest BCUT2D eigenvalue weighted by atomic mass is 9.89. The second kappa shape index (κ2) is 5.20. The van der Waals surface area contributed by atoms with E-state index in [1.807, 2.05) is 6.92 Å². The number of fused-ring (bicyclic) bond motifs is 3. The van der Waals surface area contributed by atoms with E-state index in [2.05, 4.69) is 0 Å². The Labute approximate surface area is 131 Å². The third-order valence-corrected chi connectivity index (χ3v) is 4.23. The quantitative estimate of drug-likeness (QED) is 0.849. The molecule has 1 aliphatic rings. The van der Waals surface area contributed by atoms with Crippen LogP contribution in [0.5, 0.6) is 0 Å². The Morgan fingerprint density at radius 3 is 2.39 bits per heavy atom. The van der Waals surface area contributed by atoms with Gasteiger partial charge in [-0.3, -0.25) is 4.79 Å². The van der Waals surface area contributed by atoms with Gasteiger partial charge in [0.05, 0.1) is 0 Å². The van der Waals surface area contributed by atoms with E-state index in [-0.39, 0.29) is 28.9 Å². The predicted octanol–water partition coefficient (Wildman–Crippen LogP) is 4.45. The molecule has 1 aliphatic carbocycles. The molecule has 0 saturated carbocycles. The molecule has 3 rings (SSSR count). The lowest BCUT2D eigenvalue weighted by Crippen LogP contribution is -2.41. The zero-order valence-corrected chi connectivity index (χ0v) is 12.4. The van der Waals surface area contributed by atoms with Crippen molar-refractivity contribution in [2.24, 2.45) is 0 Å². The number of alkyl halides is 3. The number of carbonyl (C=O) groups is 1. The normalized spacial score (nSPS) is 19.3. The topological polar surface area (TPSA) is 37.3 Å². The molecule has 0 bridgehead atoms. The molecule has 0 amide bonds. The van der Waals surface area contributed by atoms with Gasteiger partial charge < -0.3 is 5.11 Å². The van der Waals surface area contributed by atoms with Crippen molar-refractivity contribution >= 4 is 5.78 Å². The van der Waals surface area contributed by atoms with E-state index < -0.39 is 11.8 Å². The molecule has 0 aliphatic heterocycles. The zero-order chi connectivity index (χ0) is 16.8. The molecule has 1 atom stereocenters. The summed E-state index contributed by atoms with van der Waals surface area (Å²) >= 11 is 0. The number of hydrogen-bond donors (Lipinski definition) is 1.